The van der Waals surface area contributed by atoms with E-state index in [2.05, 4.69) is 9.71 Å². The molecule has 0 radical (unpaired) electrons. The zero-order chi connectivity index (χ0) is 13.4. The first kappa shape index (κ1) is 12.9. The number of benzene rings is 1. The third kappa shape index (κ3) is 2.59. The fourth-order valence-corrected chi connectivity index (χ4v) is 3.25. The highest BCUT2D eigenvalue weighted by molar-refractivity contribution is 7.84. The summed E-state index contributed by atoms with van der Waals surface area (Å²) in [7, 11) is -1.44. The molecule has 1 fully saturated rings. The lowest BCUT2D eigenvalue weighted by molar-refractivity contribution is -0.109. The fourth-order valence-electron chi connectivity index (χ4n) is 2.06. The number of fused-ring (bicyclic) bond motifs is 1. The molecule has 102 valence electrons. The van der Waals surface area contributed by atoms with Gasteiger partial charge >= 0.3 is 0 Å². The Balaban J connectivity index is 1.83. The van der Waals surface area contributed by atoms with Gasteiger partial charge in [-0.25, -0.2) is 4.21 Å². The molecule has 2 heterocycles. The van der Waals surface area contributed by atoms with Crippen LogP contribution in [0.1, 0.15) is 0 Å². The third-order valence-electron chi connectivity index (χ3n) is 3.10. The van der Waals surface area contributed by atoms with Crippen LogP contribution in [-0.4, -0.2) is 51.5 Å². The van der Waals surface area contributed by atoms with Crippen LogP contribution in [0.25, 0.3) is 0 Å². The Hall–Kier alpha value is -1.15. The van der Waals surface area contributed by atoms with Crippen molar-refractivity contribution in [2.24, 2.45) is 4.40 Å². The molecule has 1 unspecified atom stereocenters. The van der Waals surface area contributed by atoms with E-state index in [1.807, 2.05) is 4.90 Å². The standard InChI is InChI=1S/C11H13ClN4O2S/c12-8-1-2-9-10(7-8)19(18)14-11(13-9)15-3-5-16(17)6-4-15/h1-2,7,17H,3-6H2,(H,13,14). The van der Waals surface area contributed by atoms with Gasteiger partial charge < -0.3 is 15.4 Å². The minimum atomic E-state index is -1.44. The summed E-state index contributed by atoms with van der Waals surface area (Å²) >= 11 is 5.89. The van der Waals surface area contributed by atoms with Crippen LogP contribution < -0.4 is 5.32 Å². The molecule has 1 atom stereocenters. The van der Waals surface area contributed by atoms with Crippen LogP contribution in [0.2, 0.25) is 5.02 Å². The van der Waals surface area contributed by atoms with Gasteiger partial charge in [0.25, 0.3) is 0 Å². The average molecular weight is 301 g/mol. The Morgan fingerprint density at radius 1 is 1.32 bits per heavy atom. The van der Waals surface area contributed by atoms with Gasteiger partial charge in [-0.1, -0.05) is 11.6 Å². The lowest BCUT2D eigenvalue weighted by atomic mass is 10.3. The topological polar surface area (TPSA) is 68.2 Å². The van der Waals surface area contributed by atoms with E-state index >= 15 is 0 Å². The third-order valence-corrected chi connectivity index (χ3v) is 4.39. The Kier molecular flexibility index (Phi) is 3.44. The molecule has 1 aromatic rings. The van der Waals surface area contributed by atoms with Crippen molar-refractivity contribution in [1.82, 2.24) is 9.96 Å². The van der Waals surface area contributed by atoms with Gasteiger partial charge in [-0.15, -0.1) is 4.40 Å². The summed E-state index contributed by atoms with van der Waals surface area (Å²) in [5, 5.41) is 14.3. The van der Waals surface area contributed by atoms with E-state index < -0.39 is 11.0 Å². The van der Waals surface area contributed by atoms with Crippen LogP contribution in [0.5, 0.6) is 0 Å². The number of piperazine rings is 1. The molecule has 1 aromatic carbocycles. The summed E-state index contributed by atoms with van der Waals surface area (Å²) < 4.78 is 16.3. The van der Waals surface area contributed by atoms with Crippen LogP contribution in [-0.2, 0) is 11.0 Å². The molecular weight excluding hydrogens is 288 g/mol. The summed E-state index contributed by atoms with van der Waals surface area (Å²) in [4.78, 5) is 2.57. The number of nitrogens with one attached hydrogen (secondary N) is 1. The van der Waals surface area contributed by atoms with Crippen molar-refractivity contribution in [3.8, 4) is 0 Å². The largest absolute Gasteiger partial charge is 0.339 e. The Morgan fingerprint density at radius 2 is 2.05 bits per heavy atom. The summed E-state index contributed by atoms with van der Waals surface area (Å²) in [6.45, 7) is 2.37. The lowest BCUT2D eigenvalue weighted by Gasteiger charge is -2.34. The molecule has 6 nitrogen and oxygen atoms in total. The lowest BCUT2D eigenvalue weighted by Crippen LogP contribution is -2.50. The van der Waals surface area contributed by atoms with Crippen LogP contribution >= 0.6 is 11.6 Å². The number of hydroxylamine groups is 2. The second kappa shape index (κ2) is 5.09. The maximum Gasteiger partial charge on any atom is 0.213 e. The van der Waals surface area contributed by atoms with Crippen molar-refractivity contribution in [2.45, 2.75) is 4.90 Å². The second-order valence-corrected chi connectivity index (χ2v) is 5.93. The molecule has 2 aliphatic rings. The zero-order valence-electron chi connectivity index (χ0n) is 10.0. The molecule has 0 spiro atoms. The number of rotatable bonds is 0. The molecule has 0 bridgehead atoms. The Labute approximate surface area is 118 Å². The summed E-state index contributed by atoms with van der Waals surface area (Å²) in [5.41, 5.74) is 0.763. The number of nitrogens with zero attached hydrogens (tertiary/aromatic N) is 3. The predicted octanol–water partition coefficient (Wildman–Crippen LogP) is 1.15. The van der Waals surface area contributed by atoms with Crippen LogP contribution in [0.15, 0.2) is 27.5 Å². The highest BCUT2D eigenvalue weighted by Crippen LogP contribution is 2.28. The van der Waals surface area contributed by atoms with Crippen molar-refractivity contribution >= 4 is 34.2 Å². The van der Waals surface area contributed by atoms with Crippen molar-refractivity contribution < 1.29 is 9.42 Å². The predicted molar refractivity (Wildman–Crippen MR) is 73.9 cm³/mol. The maximum absolute atomic E-state index is 12.1. The smallest absolute Gasteiger partial charge is 0.213 e. The first-order valence-electron chi connectivity index (χ1n) is 5.89. The Bertz CT molecular complexity index is 558. The SMILES string of the molecule is O=S1N=C(N2CCN(O)CC2)Nc2ccc(Cl)cc21. The molecule has 2 aliphatic heterocycles. The van der Waals surface area contributed by atoms with Crippen LogP contribution in [0.3, 0.4) is 0 Å². The minimum Gasteiger partial charge on any atom is -0.339 e. The van der Waals surface area contributed by atoms with Crippen molar-refractivity contribution in [2.75, 3.05) is 31.5 Å². The van der Waals surface area contributed by atoms with Gasteiger partial charge in [-0.05, 0) is 18.2 Å². The summed E-state index contributed by atoms with van der Waals surface area (Å²) in [6, 6.07) is 5.21. The first-order valence-corrected chi connectivity index (χ1v) is 7.38. The second-order valence-electron chi connectivity index (χ2n) is 4.37. The van der Waals surface area contributed by atoms with Crippen molar-refractivity contribution in [3.63, 3.8) is 0 Å². The average Bonchev–Trinajstić information content (AvgIpc) is 2.40. The van der Waals surface area contributed by atoms with E-state index in [4.69, 9.17) is 11.6 Å². The van der Waals surface area contributed by atoms with E-state index in [-0.39, 0.29) is 0 Å². The summed E-state index contributed by atoms with van der Waals surface area (Å²) in [6.07, 6.45) is 0. The van der Waals surface area contributed by atoms with E-state index in [1.54, 1.807) is 18.2 Å². The van der Waals surface area contributed by atoms with Crippen molar-refractivity contribution in [3.05, 3.63) is 23.2 Å². The van der Waals surface area contributed by atoms with Gasteiger partial charge in [0, 0.05) is 31.2 Å². The minimum absolute atomic E-state index is 0.542. The first-order chi connectivity index (χ1) is 9.13. The van der Waals surface area contributed by atoms with Gasteiger partial charge in [0.05, 0.1) is 10.6 Å². The Morgan fingerprint density at radius 3 is 2.79 bits per heavy atom. The normalized spacial score (nSPS) is 23.6. The van der Waals surface area contributed by atoms with E-state index in [0.29, 0.717) is 42.1 Å². The molecule has 0 aliphatic carbocycles. The molecular formula is C11H13ClN4O2S. The van der Waals surface area contributed by atoms with Gasteiger partial charge in [0.1, 0.15) is 0 Å². The molecule has 0 amide bonds. The molecule has 8 heteroatoms. The number of hydrogen-bond donors (Lipinski definition) is 2. The molecule has 0 aromatic heterocycles. The summed E-state index contributed by atoms with van der Waals surface area (Å²) in [5.74, 6) is 0.584. The van der Waals surface area contributed by atoms with E-state index in [1.165, 1.54) is 5.06 Å². The number of hydrogen-bond acceptors (Lipinski definition) is 5. The fraction of sp³-hybridized carbons (Fsp3) is 0.364. The molecule has 0 saturated carbocycles. The monoisotopic (exact) mass is 300 g/mol. The molecule has 3 rings (SSSR count). The maximum atomic E-state index is 12.1. The number of guanidine groups is 1. The molecule has 1 saturated heterocycles. The number of halogens is 1. The zero-order valence-corrected chi connectivity index (χ0v) is 11.6. The van der Waals surface area contributed by atoms with E-state index in [9.17, 15) is 9.42 Å². The van der Waals surface area contributed by atoms with Crippen molar-refractivity contribution in [1.29, 1.82) is 0 Å². The van der Waals surface area contributed by atoms with Crippen LogP contribution in [0, 0.1) is 0 Å². The van der Waals surface area contributed by atoms with Gasteiger partial charge in [0.15, 0.2) is 11.0 Å². The highest BCUT2D eigenvalue weighted by Gasteiger charge is 2.24. The molecule has 2 N–H and O–H groups in total. The highest BCUT2D eigenvalue weighted by atomic mass is 35.5. The quantitative estimate of drug-likeness (QED) is 0.752. The van der Waals surface area contributed by atoms with E-state index in [0.717, 1.165) is 5.69 Å². The van der Waals surface area contributed by atoms with Gasteiger partial charge in [-0.2, -0.15) is 5.06 Å². The number of anilines is 1. The van der Waals surface area contributed by atoms with Gasteiger partial charge in [-0.3, -0.25) is 0 Å². The van der Waals surface area contributed by atoms with Crippen LogP contribution in [0.4, 0.5) is 5.69 Å². The molecule has 19 heavy (non-hydrogen) atoms. The van der Waals surface area contributed by atoms with Gasteiger partial charge in [0.2, 0.25) is 5.96 Å².